The molecule has 0 unspecified atom stereocenters. The van der Waals surface area contributed by atoms with Gasteiger partial charge < -0.3 is 5.32 Å². The Hall–Kier alpha value is -0.970. The SMILES string of the molecule is CSc1sccc1NC(=O)c1ccc(Cl)cc1. The Morgan fingerprint density at radius 2 is 2.00 bits per heavy atom. The van der Waals surface area contributed by atoms with Crippen molar-refractivity contribution in [2.24, 2.45) is 0 Å². The number of thioether (sulfide) groups is 1. The van der Waals surface area contributed by atoms with E-state index in [2.05, 4.69) is 5.32 Å². The van der Waals surface area contributed by atoms with Gasteiger partial charge in [-0.25, -0.2) is 0 Å². The van der Waals surface area contributed by atoms with Gasteiger partial charge in [0.05, 0.1) is 9.90 Å². The van der Waals surface area contributed by atoms with Gasteiger partial charge in [0.2, 0.25) is 0 Å². The van der Waals surface area contributed by atoms with Crippen LogP contribution < -0.4 is 5.32 Å². The lowest BCUT2D eigenvalue weighted by atomic mass is 10.2. The molecule has 2 rings (SSSR count). The second-order valence-electron chi connectivity index (χ2n) is 3.29. The summed E-state index contributed by atoms with van der Waals surface area (Å²) in [7, 11) is 0. The van der Waals surface area contributed by atoms with Gasteiger partial charge in [0.15, 0.2) is 0 Å². The lowest BCUT2D eigenvalue weighted by molar-refractivity contribution is 0.102. The van der Waals surface area contributed by atoms with Crippen LogP contribution in [0.1, 0.15) is 10.4 Å². The minimum atomic E-state index is -0.115. The summed E-state index contributed by atoms with van der Waals surface area (Å²) in [5, 5.41) is 5.47. The van der Waals surface area contributed by atoms with Crippen molar-refractivity contribution in [3.8, 4) is 0 Å². The third-order valence-corrected chi connectivity index (χ3v) is 4.51. The molecule has 1 N–H and O–H groups in total. The Balaban J connectivity index is 2.14. The Labute approximate surface area is 113 Å². The maximum Gasteiger partial charge on any atom is 0.255 e. The Kier molecular flexibility index (Phi) is 4.10. The molecule has 0 saturated heterocycles. The molecule has 1 amide bonds. The predicted octanol–water partition coefficient (Wildman–Crippen LogP) is 4.38. The molecule has 0 radical (unpaired) electrons. The molecular weight excluding hydrogens is 274 g/mol. The zero-order chi connectivity index (χ0) is 12.3. The third kappa shape index (κ3) is 3.03. The average molecular weight is 284 g/mol. The first-order chi connectivity index (χ1) is 8.20. The van der Waals surface area contributed by atoms with Crippen LogP contribution in [0.2, 0.25) is 5.02 Å². The van der Waals surface area contributed by atoms with E-state index < -0.39 is 0 Å². The molecule has 2 aromatic rings. The van der Waals surface area contributed by atoms with E-state index in [9.17, 15) is 4.79 Å². The molecule has 0 saturated carbocycles. The maximum absolute atomic E-state index is 11.9. The van der Waals surface area contributed by atoms with Crippen molar-refractivity contribution < 1.29 is 4.79 Å². The summed E-state index contributed by atoms with van der Waals surface area (Å²) < 4.78 is 1.10. The molecule has 1 heterocycles. The number of thiophene rings is 1. The summed E-state index contributed by atoms with van der Waals surface area (Å²) in [6.07, 6.45) is 1.99. The van der Waals surface area contributed by atoms with Gasteiger partial charge in [-0.05, 0) is 42.0 Å². The molecule has 5 heteroatoms. The number of rotatable bonds is 3. The molecule has 0 aliphatic heterocycles. The normalized spacial score (nSPS) is 10.2. The second kappa shape index (κ2) is 5.58. The first-order valence-electron chi connectivity index (χ1n) is 4.89. The van der Waals surface area contributed by atoms with Crippen LogP contribution in [0.5, 0.6) is 0 Å². The van der Waals surface area contributed by atoms with Crippen LogP contribution in [0.4, 0.5) is 5.69 Å². The first kappa shape index (κ1) is 12.5. The summed E-state index contributed by atoms with van der Waals surface area (Å²) >= 11 is 9.01. The van der Waals surface area contributed by atoms with E-state index in [0.717, 1.165) is 9.90 Å². The highest BCUT2D eigenvalue weighted by Gasteiger charge is 2.09. The summed E-state index contributed by atoms with van der Waals surface area (Å²) in [5.74, 6) is -0.115. The topological polar surface area (TPSA) is 29.1 Å². The quantitative estimate of drug-likeness (QED) is 0.847. The number of nitrogens with one attached hydrogen (secondary N) is 1. The minimum absolute atomic E-state index is 0.115. The summed E-state index contributed by atoms with van der Waals surface area (Å²) in [5.41, 5.74) is 1.47. The van der Waals surface area contributed by atoms with Crippen molar-refractivity contribution in [2.45, 2.75) is 4.21 Å². The van der Waals surface area contributed by atoms with Gasteiger partial charge in [-0.3, -0.25) is 4.79 Å². The Morgan fingerprint density at radius 1 is 1.29 bits per heavy atom. The van der Waals surface area contributed by atoms with Crippen LogP contribution in [0.3, 0.4) is 0 Å². The van der Waals surface area contributed by atoms with E-state index in [0.29, 0.717) is 10.6 Å². The number of carbonyl (C=O) groups is 1. The van der Waals surface area contributed by atoms with Gasteiger partial charge in [-0.15, -0.1) is 23.1 Å². The van der Waals surface area contributed by atoms with E-state index in [1.807, 2.05) is 17.7 Å². The number of halogens is 1. The number of hydrogen-bond acceptors (Lipinski definition) is 3. The third-order valence-electron chi connectivity index (χ3n) is 2.17. The highest BCUT2D eigenvalue weighted by Crippen LogP contribution is 2.31. The number of hydrogen-bond donors (Lipinski definition) is 1. The zero-order valence-electron chi connectivity index (χ0n) is 9.07. The number of anilines is 1. The summed E-state index contributed by atoms with van der Waals surface area (Å²) in [6, 6.07) is 8.75. The lowest BCUT2D eigenvalue weighted by Crippen LogP contribution is -2.11. The molecule has 0 aliphatic carbocycles. The van der Waals surface area contributed by atoms with E-state index in [1.54, 1.807) is 47.4 Å². The van der Waals surface area contributed by atoms with Crippen molar-refractivity contribution in [3.63, 3.8) is 0 Å². The minimum Gasteiger partial charge on any atom is -0.320 e. The van der Waals surface area contributed by atoms with Crippen LogP contribution in [-0.4, -0.2) is 12.2 Å². The predicted molar refractivity (Wildman–Crippen MR) is 75.5 cm³/mol. The van der Waals surface area contributed by atoms with Crippen molar-refractivity contribution in [1.29, 1.82) is 0 Å². The van der Waals surface area contributed by atoms with Crippen LogP contribution in [0, 0.1) is 0 Å². The van der Waals surface area contributed by atoms with Gasteiger partial charge in [-0.1, -0.05) is 11.6 Å². The lowest BCUT2D eigenvalue weighted by Gasteiger charge is -2.05. The molecule has 0 spiro atoms. The van der Waals surface area contributed by atoms with Crippen molar-refractivity contribution in [2.75, 3.05) is 11.6 Å². The number of carbonyl (C=O) groups excluding carboxylic acids is 1. The van der Waals surface area contributed by atoms with E-state index in [1.165, 1.54) is 0 Å². The van der Waals surface area contributed by atoms with Gasteiger partial charge in [0.1, 0.15) is 0 Å². The van der Waals surface area contributed by atoms with Crippen LogP contribution in [-0.2, 0) is 0 Å². The molecule has 0 atom stereocenters. The average Bonchev–Trinajstić information content (AvgIpc) is 2.77. The highest BCUT2D eigenvalue weighted by molar-refractivity contribution is 8.00. The number of amides is 1. The molecule has 0 fully saturated rings. The Morgan fingerprint density at radius 3 is 2.65 bits per heavy atom. The molecule has 2 nitrogen and oxygen atoms in total. The van der Waals surface area contributed by atoms with Gasteiger partial charge in [-0.2, -0.15) is 0 Å². The standard InChI is InChI=1S/C12H10ClNOS2/c1-16-12-10(6-7-17-12)14-11(15)8-2-4-9(13)5-3-8/h2-7H,1H3,(H,14,15). The van der Waals surface area contributed by atoms with Gasteiger partial charge >= 0.3 is 0 Å². The molecule has 0 aliphatic rings. The molecule has 1 aromatic heterocycles. The second-order valence-corrected chi connectivity index (χ2v) is 5.71. The van der Waals surface area contributed by atoms with Gasteiger partial charge in [0.25, 0.3) is 5.91 Å². The van der Waals surface area contributed by atoms with E-state index in [-0.39, 0.29) is 5.91 Å². The van der Waals surface area contributed by atoms with Gasteiger partial charge in [0, 0.05) is 10.6 Å². The van der Waals surface area contributed by atoms with Crippen molar-refractivity contribution >= 4 is 46.3 Å². The van der Waals surface area contributed by atoms with E-state index >= 15 is 0 Å². The van der Waals surface area contributed by atoms with E-state index in [4.69, 9.17) is 11.6 Å². The fourth-order valence-electron chi connectivity index (χ4n) is 1.34. The molecule has 88 valence electrons. The van der Waals surface area contributed by atoms with Crippen molar-refractivity contribution in [3.05, 3.63) is 46.3 Å². The monoisotopic (exact) mass is 283 g/mol. The summed E-state index contributed by atoms with van der Waals surface area (Å²) in [4.78, 5) is 11.9. The zero-order valence-corrected chi connectivity index (χ0v) is 11.5. The van der Waals surface area contributed by atoms with Crippen LogP contribution in [0.15, 0.2) is 39.9 Å². The number of benzene rings is 1. The summed E-state index contributed by atoms with van der Waals surface area (Å²) in [6.45, 7) is 0. The van der Waals surface area contributed by atoms with Crippen LogP contribution >= 0.6 is 34.7 Å². The fourth-order valence-corrected chi connectivity index (χ4v) is 2.93. The smallest absolute Gasteiger partial charge is 0.255 e. The highest BCUT2D eigenvalue weighted by atomic mass is 35.5. The molecule has 17 heavy (non-hydrogen) atoms. The fraction of sp³-hybridized carbons (Fsp3) is 0.0833. The molecule has 0 bridgehead atoms. The Bertz CT molecular complexity index is 522. The largest absolute Gasteiger partial charge is 0.320 e. The molecular formula is C12H10ClNOS2. The van der Waals surface area contributed by atoms with Crippen molar-refractivity contribution in [1.82, 2.24) is 0 Å². The van der Waals surface area contributed by atoms with Crippen LogP contribution in [0.25, 0.3) is 0 Å². The first-order valence-corrected chi connectivity index (χ1v) is 7.37. The molecule has 1 aromatic carbocycles. The maximum atomic E-state index is 11.9.